The lowest BCUT2D eigenvalue weighted by Gasteiger charge is -2.37. The second-order valence-electron chi connectivity index (χ2n) is 5.72. The van der Waals surface area contributed by atoms with Gasteiger partial charge in [-0.25, -0.2) is 0 Å². The van der Waals surface area contributed by atoms with Crippen molar-refractivity contribution in [2.24, 2.45) is 11.7 Å². The van der Waals surface area contributed by atoms with Crippen molar-refractivity contribution in [3.63, 3.8) is 0 Å². The minimum absolute atomic E-state index is 0.0506. The van der Waals surface area contributed by atoms with Crippen LogP contribution in [0.25, 0.3) is 0 Å². The fraction of sp³-hybridized carbons (Fsp3) is 0.375. The maximum absolute atomic E-state index is 12.8. The third kappa shape index (κ3) is 2.78. The first kappa shape index (κ1) is 14.8. The number of nitrogens with zero attached hydrogens (tertiary/aromatic N) is 1. The topological polar surface area (TPSA) is 76.5 Å². The number of carbonyl (C=O) groups is 2. The first-order valence-corrected chi connectivity index (χ1v) is 8.17. The number of thiophene rings is 1. The smallest absolute Gasteiger partial charge is 0.264 e. The van der Waals surface area contributed by atoms with E-state index in [0.717, 1.165) is 18.6 Å². The number of amides is 2. The molecule has 2 aromatic rings. The van der Waals surface area contributed by atoms with Crippen LogP contribution in [0.3, 0.4) is 0 Å². The highest BCUT2D eigenvalue weighted by Gasteiger charge is 2.33. The van der Waals surface area contributed by atoms with Crippen LogP contribution in [-0.4, -0.2) is 23.3 Å². The summed E-state index contributed by atoms with van der Waals surface area (Å²) >= 11 is 1.26. The molecule has 0 aliphatic carbocycles. The average Bonchev–Trinajstić information content (AvgIpc) is 3.18. The molecule has 0 radical (unpaired) electrons. The van der Waals surface area contributed by atoms with Gasteiger partial charge in [-0.05, 0) is 37.0 Å². The molecule has 2 aromatic heterocycles. The Morgan fingerprint density at radius 1 is 1.45 bits per heavy atom. The Morgan fingerprint density at radius 2 is 2.27 bits per heavy atom. The zero-order valence-corrected chi connectivity index (χ0v) is 13.1. The van der Waals surface area contributed by atoms with Gasteiger partial charge in [0.1, 0.15) is 5.76 Å². The highest BCUT2D eigenvalue weighted by atomic mass is 32.1. The number of nitrogens with two attached hydrogens (primary N) is 1. The monoisotopic (exact) mass is 318 g/mol. The van der Waals surface area contributed by atoms with Crippen LogP contribution in [0.1, 0.15) is 51.6 Å². The van der Waals surface area contributed by atoms with Crippen LogP contribution in [0.2, 0.25) is 0 Å². The van der Waals surface area contributed by atoms with Crippen LogP contribution >= 0.6 is 11.3 Å². The summed E-state index contributed by atoms with van der Waals surface area (Å²) in [5.41, 5.74) is 5.64. The minimum Gasteiger partial charge on any atom is -0.467 e. The lowest BCUT2D eigenvalue weighted by molar-refractivity contribution is 0.0526. The number of likely N-dealkylation sites (tertiary alicyclic amines) is 1. The lowest BCUT2D eigenvalue weighted by atomic mass is 9.91. The average molecular weight is 318 g/mol. The van der Waals surface area contributed by atoms with Crippen LogP contribution in [-0.2, 0) is 0 Å². The standard InChI is InChI=1S/C16H18N2O3S/c1-10-4-5-18(12(7-10)13-3-2-6-21-13)16(20)14-8-11(9-22-14)15(17)19/h2-3,6,8-10,12H,4-5,7H2,1H3,(H2,17,19)/t10-,12+/m0/s1. The predicted molar refractivity (Wildman–Crippen MR) is 83.7 cm³/mol. The van der Waals surface area contributed by atoms with Gasteiger partial charge < -0.3 is 15.1 Å². The van der Waals surface area contributed by atoms with Gasteiger partial charge in [0.05, 0.1) is 22.7 Å². The van der Waals surface area contributed by atoms with Crippen LogP contribution < -0.4 is 5.73 Å². The molecule has 5 nitrogen and oxygen atoms in total. The second-order valence-corrected chi connectivity index (χ2v) is 6.63. The number of primary amides is 1. The molecule has 1 aliphatic rings. The summed E-state index contributed by atoms with van der Waals surface area (Å²) in [6, 6.07) is 5.28. The van der Waals surface area contributed by atoms with Crippen molar-refractivity contribution in [3.8, 4) is 0 Å². The van der Waals surface area contributed by atoms with Crippen LogP contribution in [0.4, 0.5) is 0 Å². The number of furan rings is 1. The van der Waals surface area contributed by atoms with E-state index < -0.39 is 5.91 Å². The summed E-state index contributed by atoms with van der Waals surface area (Å²) in [5.74, 6) is 0.784. The lowest BCUT2D eigenvalue weighted by Crippen LogP contribution is -2.40. The van der Waals surface area contributed by atoms with E-state index in [4.69, 9.17) is 10.2 Å². The van der Waals surface area contributed by atoms with Crippen molar-refractivity contribution < 1.29 is 14.0 Å². The summed E-state index contributed by atoms with van der Waals surface area (Å²) in [6.45, 7) is 2.88. The minimum atomic E-state index is -0.509. The Kier molecular flexibility index (Phi) is 4.02. The van der Waals surface area contributed by atoms with E-state index in [2.05, 4.69) is 6.92 Å². The Hall–Kier alpha value is -2.08. The van der Waals surface area contributed by atoms with E-state index in [9.17, 15) is 9.59 Å². The van der Waals surface area contributed by atoms with E-state index in [1.165, 1.54) is 11.3 Å². The summed E-state index contributed by atoms with van der Waals surface area (Å²) in [5, 5.41) is 1.63. The fourth-order valence-corrected chi connectivity index (χ4v) is 3.71. The zero-order chi connectivity index (χ0) is 15.7. The Balaban J connectivity index is 1.86. The molecule has 2 N–H and O–H groups in total. The second kappa shape index (κ2) is 5.96. The van der Waals surface area contributed by atoms with Gasteiger partial charge in [0.2, 0.25) is 5.91 Å². The van der Waals surface area contributed by atoms with Gasteiger partial charge in [-0.1, -0.05) is 6.92 Å². The van der Waals surface area contributed by atoms with Crippen molar-refractivity contribution >= 4 is 23.2 Å². The van der Waals surface area contributed by atoms with E-state index in [1.54, 1.807) is 17.7 Å². The number of hydrogen-bond donors (Lipinski definition) is 1. The molecule has 3 heterocycles. The van der Waals surface area contributed by atoms with Crippen LogP contribution in [0, 0.1) is 5.92 Å². The van der Waals surface area contributed by atoms with Gasteiger partial charge in [-0.2, -0.15) is 0 Å². The fourth-order valence-electron chi connectivity index (χ4n) is 2.85. The van der Waals surface area contributed by atoms with E-state index in [0.29, 0.717) is 22.9 Å². The molecular weight excluding hydrogens is 300 g/mol. The van der Waals surface area contributed by atoms with E-state index in [-0.39, 0.29) is 11.9 Å². The normalized spacial score (nSPS) is 21.8. The number of carbonyl (C=O) groups excluding carboxylic acids is 2. The molecule has 0 unspecified atom stereocenters. The molecule has 22 heavy (non-hydrogen) atoms. The van der Waals surface area contributed by atoms with Crippen LogP contribution in [0.5, 0.6) is 0 Å². The molecule has 1 fully saturated rings. The summed E-state index contributed by atoms with van der Waals surface area (Å²) in [4.78, 5) is 26.4. The Bertz CT molecular complexity index is 677. The van der Waals surface area contributed by atoms with Gasteiger partial charge in [0.25, 0.3) is 5.91 Å². The van der Waals surface area contributed by atoms with Crippen molar-refractivity contribution in [2.45, 2.75) is 25.8 Å². The van der Waals surface area contributed by atoms with Gasteiger partial charge in [-0.3, -0.25) is 9.59 Å². The third-order valence-corrected chi connectivity index (χ3v) is 5.01. The van der Waals surface area contributed by atoms with E-state index in [1.807, 2.05) is 17.0 Å². The molecule has 0 saturated carbocycles. The Morgan fingerprint density at radius 3 is 2.91 bits per heavy atom. The molecule has 0 aromatic carbocycles. The van der Waals surface area contributed by atoms with Gasteiger partial charge in [0, 0.05) is 11.9 Å². The maximum Gasteiger partial charge on any atom is 0.264 e. The molecule has 1 saturated heterocycles. The van der Waals surface area contributed by atoms with Crippen molar-refractivity contribution in [2.75, 3.05) is 6.54 Å². The molecular formula is C16H18N2O3S. The summed E-state index contributed by atoms with van der Waals surface area (Å²) in [7, 11) is 0. The molecule has 116 valence electrons. The number of piperidine rings is 1. The van der Waals surface area contributed by atoms with Crippen LogP contribution in [0.15, 0.2) is 34.3 Å². The van der Waals surface area contributed by atoms with Crippen molar-refractivity contribution in [1.29, 1.82) is 0 Å². The van der Waals surface area contributed by atoms with Crippen molar-refractivity contribution in [3.05, 3.63) is 46.0 Å². The molecule has 0 spiro atoms. The predicted octanol–water partition coefficient (Wildman–Crippen LogP) is 3.05. The highest BCUT2D eigenvalue weighted by Crippen LogP contribution is 2.35. The van der Waals surface area contributed by atoms with Gasteiger partial charge >= 0.3 is 0 Å². The molecule has 3 rings (SSSR count). The largest absolute Gasteiger partial charge is 0.467 e. The number of rotatable bonds is 3. The SMILES string of the molecule is C[C@H]1CCN(C(=O)c2cc(C(N)=O)cs2)[C@@H](c2ccco2)C1. The zero-order valence-electron chi connectivity index (χ0n) is 12.3. The molecule has 2 atom stereocenters. The molecule has 1 aliphatic heterocycles. The first-order valence-electron chi connectivity index (χ1n) is 7.29. The number of hydrogen-bond acceptors (Lipinski definition) is 4. The third-order valence-electron chi connectivity index (χ3n) is 4.09. The quantitative estimate of drug-likeness (QED) is 0.945. The molecule has 2 amide bonds. The highest BCUT2D eigenvalue weighted by molar-refractivity contribution is 7.12. The Labute approximate surface area is 132 Å². The first-order chi connectivity index (χ1) is 10.6. The molecule has 0 bridgehead atoms. The summed E-state index contributed by atoms with van der Waals surface area (Å²) in [6.07, 6.45) is 3.48. The van der Waals surface area contributed by atoms with Crippen molar-refractivity contribution in [1.82, 2.24) is 4.90 Å². The summed E-state index contributed by atoms with van der Waals surface area (Å²) < 4.78 is 5.52. The maximum atomic E-state index is 12.8. The van der Waals surface area contributed by atoms with E-state index >= 15 is 0 Å². The van der Waals surface area contributed by atoms with Gasteiger partial charge in [-0.15, -0.1) is 11.3 Å². The molecule has 6 heteroatoms. The van der Waals surface area contributed by atoms with Gasteiger partial charge in [0.15, 0.2) is 0 Å².